The van der Waals surface area contributed by atoms with Crippen LogP contribution in [0.3, 0.4) is 0 Å². The fourth-order valence-electron chi connectivity index (χ4n) is 5.00. The van der Waals surface area contributed by atoms with Gasteiger partial charge < -0.3 is 14.8 Å². The lowest BCUT2D eigenvalue weighted by Gasteiger charge is -2.13. The summed E-state index contributed by atoms with van der Waals surface area (Å²) in [6, 6.07) is 31.0. The van der Waals surface area contributed by atoms with E-state index in [-0.39, 0.29) is 27.8 Å². The van der Waals surface area contributed by atoms with Gasteiger partial charge in [0.2, 0.25) is 0 Å². The number of nitrogens with zero attached hydrogens (tertiary/aromatic N) is 3. The third-order valence-electron chi connectivity index (χ3n) is 7.24. The molecule has 0 unspecified atom stereocenters. The molecule has 0 aromatic heterocycles. The predicted octanol–water partition coefficient (Wildman–Crippen LogP) is 7.26. The summed E-state index contributed by atoms with van der Waals surface area (Å²) in [6.45, 7) is 0. The molecule has 5 aromatic carbocycles. The van der Waals surface area contributed by atoms with Crippen LogP contribution in [0.1, 0.15) is 51.8 Å². The minimum atomic E-state index is -0.746. The molecule has 46 heavy (non-hydrogen) atoms. The highest BCUT2D eigenvalue weighted by molar-refractivity contribution is 6.34. The van der Waals surface area contributed by atoms with E-state index in [1.54, 1.807) is 48.5 Å². The third-order valence-corrected chi connectivity index (χ3v) is 7.24. The Morgan fingerprint density at radius 2 is 1.28 bits per heavy atom. The molecule has 0 saturated heterocycles. The standard InChI is InChI=1S/C35H20N4O7/c40-31(36-23-7-4-8-25(18-23)45-26-14-16-28-30(19-26)35(44)46-34(28)43)20-9-15-27-29(17-20)33(42)39(32(27)41)24-12-10-22(11-13-24)38-37-21-5-2-1-3-6-21/h1-19H,(H,36,40). The SMILES string of the molecule is O=C(Nc1cccc(Oc2ccc3c(c2)C(=O)OC3=O)c1)c1ccc2c(c1)C(=O)N(c1ccc(N=Nc3ccccc3)cc1)C2=O. The zero-order valence-electron chi connectivity index (χ0n) is 23.7. The summed E-state index contributed by atoms with van der Waals surface area (Å²) in [5.74, 6) is -2.36. The van der Waals surface area contributed by atoms with Crippen molar-refractivity contribution in [2.45, 2.75) is 0 Å². The van der Waals surface area contributed by atoms with Gasteiger partial charge in [0, 0.05) is 17.3 Å². The molecule has 2 aliphatic heterocycles. The average Bonchev–Trinajstić information content (AvgIpc) is 3.50. The first kappa shape index (κ1) is 28.0. The van der Waals surface area contributed by atoms with E-state index >= 15 is 0 Å². The van der Waals surface area contributed by atoms with Gasteiger partial charge in [0.15, 0.2) is 0 Å². The molecule has 0 atom stereocenters. The number of azo groups is 1. The van der Waals surface area contributed by atoms with Gasteiger partial charge in [0.1, 0.15) is 11.5 Å². The summed E-state index contributed by atoms with van der Waals surface area (Å²) in [4.78, 5) is 64.3. The van der Waals surface area contributed by atoms with Crippen LogP contribution in [-0.4, -0.2) is 29.7 Å². The van der Waals surface area contributed by atoms with E-state index in [1.807, 2.05) is 30.3 Å². The number of benzene rings is 5. The number of ether oxygens (including phenoxy) is 2. The van der Waals surface area contributed by atoms with Crippen molar-refractivity contribution in [1.29, 1.82) is 0 Å². The lowest BCUT2D eigenvalue weighted by atomic mass is 10.1. The van der Waals surface area contributed by atoms with Crippen LogP contribution >= 0.6 is 0 Å². The second-order valence-electron chi connectivity index (χ2n) is 10.2. The van der Waals surface area contributed by atoms with Crippen molar-refractivity contribution >= 4 is 52.4 Å². The molecule has 0 saturated carbocycles. The van der Waals surface area contributed by atoms with E-state index in [0.717, 1.165) is 4.90 Å². The molecule has 11 nitrogen and oxygen atoms in total. The number of carbonyl (C=O) groups excluding carboxylic acids is 5. The van der Waals surface area contributed by atoms with Crippen LogP contribution in [0, 0.1) is 0 Å². The number of hydrogen-bond donors (Lipinski definition) is 1. The highest BCUT2D eigenvalue weighted by Crippen LogP contribution is 2.32. The molecular weight excluding hydrogens is 588 g/mol. The maximum atomic E-state index is 13.3. The molecule has 7 rings (SSSR count). The van der Waals surface area contributed by atoms with Crippen LogP contribution in [0.25, 0.3) is 0 Å². The Balaban J connectivity index is 1.04. The van der Waals surface area contributed by atoms with E-state index < -0.39 is 29.7 Å². The van der Waals surface area contributed by atoms with Crippen molar-refractivity contribution in [3.05, 3.63) is 143 Å². The topological polar surface area (TPSA) is 144 Å². The van der Waals surface area contributed by atoms with Gasteiger partial charge in [0.25, 0.3) is 17.7 Å². The first-order valence-corrected chi connectivity index (χ1v) is 13.9. The predicted molar refractivity (Wildman–Crippen MR) is 165 cm³/mol. The number of fused-ring (bicyclic) bond motifs is 2. The average molecular weight is 609 g/mol. The van der Waals surface area contributed by atoms with Gasteiger partial charge >= 0.3 is 11.9 Å². The van der Waals surface area contributed by atoms with Gasteiger partial charge in [-0.15, -0.1) is 0 Å². The van der Waals surface area contributed by atoms with Crippen LogP contribution < -0.4 is 15.0 Å². The van der Waals surface area contributed by atoms with Gasteiger partial charge in [-0.25, -0.2) is 14.5 Å². The molecule has 0 aliphatic carbocycles. The van der Waals surface area contributed by atoms with Gasteiger partial charge in [-0.1, -0.05) is 24.3 Å². The van der Waals surface area contributed by atoms with E-state index in [4.69, 9.17) is 4.74 Å². The summed E-state index contributed by atoms with van der Waals surface area (Å²) < 4.78 is 10.4. The number of anilines is 2. The number of esters is 2. The normalized spacial score (nSPS) is 13.5. The summed E-state index contributed by atoms with van der Waals surface area (Å²) in [7, 11) is 0. The Bertz CT molecular complexity index is 2130. The Morgan fingerprint density at radius 3 is 2.07 bits per heavy atom. The van der Waals surface area contributed by atoms with Crippen molar-refractivity contribution in [3.63, 3.8) is 0 Å². The Morgan fingerprint density at radius 1 is 0.609 bits per heavy atom. The molecule has 5 aromatic rings. The number of rotatable bonds is 7. The van der Waals surface area contributed by atoms with Crippen molar-refractivity contribution in [1.82, 2.24) is 0 Å². The maximum Gasteiger partial charge on any atom is 0.347 e. The minimum Gasteiger partial charge on any atom is -0.457 e. The summed E-state index contributed by atoms with van der Waals surface area (Å²) in [5, 5.41) is 11.1. The second-order valence-corrected chi connectivity index (χ2v) is 10.2. The quantitative estimate of drug-likeness (QED) is 0.0886. The molecule has 2 aliphatic rings. The number of cyclic esters (lactones) is 2. The monoisotopic (exact) mass is 608 g/mol. The summed E-state index contributed by atoms with van der Waals surface area (Å²) >= 11 is 0. The molecule has 0 spiro atoms. The third kappa shape index (κ3) is 5.28. The first-order valence-electron chi connectivity index (χ1n) is 13.9. The van der Waals surface area contributed by atoms with E-state index in [1.165, 1.54) is 36.4 Å². The van der Waals surface area contributed by atoms with Gasteiger partial charge in [-0.2, -0.15) is 10.2 Å². The van der Waals surface area contributed by atoms with Gasteiger partial charge in [0.05, 0.1) is 39.3 Å². The lowest BCUT2D eigenvalue weighted by molar-refractivity contribution is 0.0443. The van der Waals surface area contributed by atoms with E-state index in [0.29, 0.717) is 34.2 Å². The fourth-order valence-corrected chi connectivity index (χ4v) is 5.00. The molecule has 2 heterocycles. The number of amides is 3. The molecular formula is C35H20N4O7. The number of nitrogens with one attached hydrogen (secondary N) is 1. The Kier molecular flexibility index (Phi) is 6.95. The van der Waals surface area contributed by atoms with Crippen LogP contribution in [0.2, 0.25) is 0 Å². The van der Waals surface area contributed by atoms with Crippen LogP contribution in [-0.2, 0) is 4.74 Å². The van der Waals surface area contributed by atoms with Crippen molar-refractivity contribution in [2.24, 2.45) is 10.2 Å². The fraction of sp³-hybridized carbons (Fsp3) is 0. The number of imide groups is 1. The van der Waals surface area contributed by atoms with Crippen LogP contribution in [0.5, 0.6) is 11.5 Å². The largest absolute Gasteiger partial charge is 0.457 e. The summed E-state index contributed by atoms with van der Waals surface area (Å²) in [6.07, 6.45) is 0. The molecule has 0 radical (unpaired) electrons. The highest BCUT2D eigenvalue weighted by atomic mass is 16.6. The molecule has 3 amide bonds. The van der Waals surface area contributed by atoms with Crippen molar-refractivity contribution in [2.75, 3.05) is 10.2 Å². The smallest absolute Gasteiger partial charge is 0.347 e. The minimum absolute atomic E-state index is 0.108. The first-order chi connectivity index (χ1) is 22.3. The Labute approximate surface area is 260 Å². The van der Waals surface area contributed by atoms with E-state index in [9.17, 15) is 24.0 Å². The van der Waals surface area contributed by atoms with Gasteiger partial charge in [-0.3, -0.25) is 14.4 Å². The molecule has 1 N–H and O–H groups in total. The number of carbonyl (C=O) groups is 5. The second kappa shape index (κ2) is 11.4. The van der Waals surface area contributed by atoms with Crippen molar-refractivity contribution < 1.29 is 33.4 Å². The Hall–Kier alpha value is -6.75. The highest BCUT2D eigenvalue weighted by Gasteiger charge is 2.37. The zero-order valence-corrected chi connectivity index (χ0v) is 23.7. The number of hydrogen-bond acceptors (Lipinski definition) is 9. The zero-order chi connectivity index (χ0) is 31.8. The van der Waals surface area contributed by atoms with Crippen LogP contribution in [0.4, 0.5) is 22.7 Å². The summed E-state index contributed by atoms with van der Waals surface area (Å²) in [5.41, 5.74) is 2.73. The van der Waals surface area contributed by atoms with Crippen molar-refractivity contribution in [3.8, 4) is 11.5 Å². The van der Waals surface area contributed by atoms with Gasteiger partial charge in [-0.05, 0) is 84.9 Å². The van der Waals surface area contributed by atoms with E-state index in [2.05, 4.69) is 20.3 Å². The molecule has 0 bridgehead atoms. The molecule has 222 valence electrons. The van der Waals surface area contributed by atoms with Crippen LogP contribution in [0.15, 0.2) is 125 Å². The maximum absolute atomic E-state index is 13.3. The molecule has 0 fully saturated rings. The molecule has 11 heteroatoms. The lowest BCUT2D eigenvalue weighted by Crippen LogP contribution is -2.29.